The number of fused-ring (bicyclic) bond motifs is 1. The fourth-order valence-corrected chi connectivity index (χ4v) is 1.63. The molecule has 0 aliphatic heterocycles. The lowest BCUT2D eigenvalue weighted by atomic mass is 10.1. The zero-order valence-corrected chi connectivity index (χ0v) is 10.8. The molecule has 0 spiro atoms. The van der Waals surface area contributed by atoms with Crippen LogP contribution in [-0.4, -0.2) is 21.9 Å². The molecule has 0 aliphatic carbocycles. The molecule has 1 amide bonds. The number of nitrogens with zero attached hydrogens (tertiary/aromatic N) is 2. The van der Waals surface area contributed by atoms with Gasteiger partial charge in [0.2, 0.25) is 0 Å². The molecule has 0 bridgehead atoms. The molecule has 0 saturated carbocycles. The van der Waals surface area contributed by atoms with Crippen LogP contribution >= 0.6 is 0 Å². The maximum Gasteiger partial charge on any atom is 0.270 e. The highest BCUT2D eigenvalue weighted by molar-refractivity contribution is 6.04. The molecule has 2 aromatic rings. The molecule has 1 unspecified atom stereocenters. The van der Waals surface area contributed by atoms with Gasteiger partial charge in [-0.25, -0.2) is 0 Å². The molecular weight excluding hydrogens is 226 g/mol. The largest absolute Gasteiger partial charge is 0.348 e. The number of pyridine rings is 2. The zero-order valence-electron chi connectivity index (χ0n) is 10.8. The van der Waals surface area contributed by atoms with Crippen LogP contribution in [0, 0.1) is 5.92 Å². The lowest BCUT2D eigenvalue weighted by Crippen LogP contribution is -2.36. The van der Waals surface area contributed by atoms with E-state index in [1.165, 1.54) is 0 Å². The number of amides is 1. The Hall–Kier alpha value is -1.97. The van der Waals surface area contributed by atoms with Gasteiger partial charge in [-0.1, -0.05) is 13.8 Å². The average molecular weight is 243 g/mol. The Morgan fingerprint density at radius 3 is 2.67 bits per heavy atom. The van der Waals surface area contributed by atoms with Gasteiger partial charge in [0.15, 0.2) is 0 Å². The minimum Gasteiger partial charge on any atom is -0.348 e. The molecule has 0 aromatic carbocycles. The van der Waals surface area contributed by atoms with E-state index in [0.29, 0.717) is 11.6 Å². The molecule has 4 nitrogen and oxygen atoms in total. The van der Waals surface area contributed by atoms with Gasteiger partial charge in [-0.15, -0.1) is 0 Å². The summed E-state index contributed by atoms with van der Waals surface area (Å²) < 4.78 is 0. The highest BCUT2D eigenvalue weighted by Gasteiger charge is 2.15. The van der Waals surface area contributed by atoms with Gasteiger partial charge in [0.1, 0.15) is 5.69 Å². The molecule has 1 atom stereocenters. The van der Waals surface area contributed by atoms with Crippen molar-refractivity contribution < 1.29 is 4.79 Å². The molecule has 18 heavy (non-hydrogen) atoms. The lowest BCUT2D eigenvalue weighted by molar-refractivity contribution is 0.0927. The number of aromatic nitrogens is 2. The van der Waals surface area contributed by atoms with Crippen molar-refractivity contribution in [3.63, 3.8) is 0 Å². The number of carbonyl (C=O) groups is 1. The lowest BCUT2D eigenvalue weighted by Gasteiger charge is -2.17. The standard InChI is InChI=1S/C14H17N3O/c1-9(2)10(3)17-14(18)13-12-8-15-6-4-11(12)5-7-16-13/h4-10H,1-3H3,(H,17,18). The number of rotatable bonds is 3. The predicted octanol–water partition coefficient (Wildman–Crippen LogP) is 2.40. The van der Waals surface area contributed by atoms with Crippen LogP contribution in [0.2, 0.25) is 0 Å². The molecule has 0 aliphatic rings. The van der Waals surface area contributed by atoms with Crippen LogP contribution < -0.4 is 5.32 Å². The minimum atomic E-state index is -0.144. The second-order valence-electron chi connectivity index (χ2n) is 4.76. The maximum absolute atomic E-state index is 12.2. The normalized spacial score (nSPS) is 12.7. The van der Waals surface area contributed by atoms with E-state index in [-0.39, 0.29) is 11.9 Å². The van der Waals surface area contributed by atoms with Crippen molar-refractivity contribution in [2.45, 2.75) is 26.8 Å². The van der Waals surface area contributed by atoms with Crippen LogP contribution in [-0.2, 0) is 0 Å². The Kier molecular flexibility index (Phi) is 3.55. The second-order valence-corrected chi connectivity index (χ2v) is 4.76. The topological polar surface area (TPSA) is 54.9 Å². The quantitative estimate of drug-likeness (QED) is 0.900. The van der Waals surface area contributed by atoms with Crippen molar-refractivity contribution in [1.82, 2.24) is 15.3 Å². The summed E-state index contributed by atoms with van der Waals surface area (Å²) in [5.74, 6) is 0.247. The van der Waals surface area contributed by atoms with Gasteiger partial charge in [0.25, 0.3) is 5.91 Å². The van der Waals surface area contributed by atoms with E-state index in [9.17, 15) is 4.79 Å². The molecule has 0 radical (unpaired) electrons. The fourth-order valence-electron chi connectivity index (χ4n) is 1.63. The molecule has 4 heteroatoms. The van der Waals surface area contributed by atoms with Crippen LogP contribution in [0.25, 0.3) is 10.8 Å². The molecule has 2 rings (SSSR count). The van der Waals surface area contributed by atoms with E-state index in [1.54, 1.807) is 18.6 Å². The van der Waals surface area contributed by atoms with E-state index >= 15 is 0 Å². The Labute approximate surface area is 106 Å². The Morgan fingerprint density at radius 2 is 1.94 bits per heavy atom. The first-order valence-electron chi connectivity index (χ1n) is 6.09. The molecule has 2 heterocycles. The smallest absolute Gasteiger partial charge is 0.270 e. The zero-order chi connectivity index (χ0) is 13.1. The van der Waals surface area contributed by atoms with Gasteiger partial charge >= 0.3 is 0 Å². The summed E-state index contributed by atoms with van der Waals surface area (Å²) in [6.45, 7) is 6.14. The van der Waals surface area contributed by atoms with Crippen molar-refractivity contribution in [3.05, 3.63) is 36.4 Å². The van der Waals surface area contributed by atoms with Gasteiger partial charge in [0, 0.05) is 30.0 Å². The van der Waals surface area contributed by atoms with Crippen LogP contribution in [0.3, 0.4) is 0 Å². The van der Waals surface area contributed by atoms with Crippen molar-refractivity contribution in [2.24, 2.45) is 5.92 Å². The molecule has 0 saturated heterocycles. The maximum atomic E-state index is 12.2. The van der Waals surface area contributed by atoms with Crippen LogP contribution in [0.5, 0.6) is 0 Å². The van der Waals surface area contributed by atoms with Crippen LogP contribution in [0.4, 0.5) is 0 Å². The number of hydrogen-bond acceptors (Lipinski definition) is 3. The van der Waals surface area contributed by atoms with E-state index in [0.717, 1.165) is 10.8 Å². The average Bonchev–Trinajstić information content (AvgIpc) is 2.37. The first-order chi connectivity index (χ1) is 8.59. The van der Waals surface area contributed by atoms with Crippen LogP contribution in [0.1, 0.15) is 31.3 Å². The summed E-state index contributed by atoms with van der Waals surface area (Å²) in [4.78, 5) is 20.4. The molecule has 1 N–H and O–H groups in total. The predicted molar refractivity (Wildman–Crippen MR) is 71.3 cm³/mol. The second kappa shape index (κ2) is 5.12. The Bertz CT molecular complexity index is 560. The SMILES string of the molecule is CC(C)C(C)NC(=O)c1nccc2ccncc12. The van der Waals surface area contributed by atoms with Crippen molar-refractivity contribution in [1.29, 1.82) is 0 Å². The third-order valence-electron chi connectivity index (χ3n) is 3.14. The molecule has 0 fully saturated rings. The summed E-state index contributed by atoms with van der Waals surface area (Å²) in [7, 11) is 0. The van der Waals surface area contributed by atoms with Crippen molar-refractivity contribution in [3.8, 4) is 0 Å². The van der Waals surface area contributed by atoms with Crippen molar-refractivity contribution >= 4 is 16.7 Å². The van der Waals surface area contributed by atoms with Crippen molar-refractivity contribution in [2.75, 3.05) is 0 Å². The summed E-state index contributed by atoms with van der Waals surface area (Å²) in [6.07, 6.45) is 5.04. The van der Waals surface area contributed by atoms with E-state index < -0.39 is 0 Å². The summed E-state index contributed by atoms with van der Waals surface area (Å²) in [6, 6.07) is 3.87. The molecule has 94 valence electrons. The van der Waals surface area contributed by atoms with Gasteiger partial charge < -0.3 is 5.32 Å². The fraction of sp³-hybridized carbons (Fsp3) is 0.357. The highest BCUT2D eigenvalue weighted by atomic mass is 16.1. The summed E-state index contributed by atoms with van der Waals surface area (Å²) >= 11 is 0. The first kappa shape index (κ1) is 12.5. The highest BCUT2D eigenvalue weighted by Crippen LogP contribution is 2.15. The van der Waals surface area contributed by atoms with Gasteiger partial charge in [0.05, 0.1) is 0 Å². The number of carbonyl (C=O) groups excluding carboxylic acids is 1. The summed E-state index contributed by atoms with van der Waals surface area (Å²) in [5.41, 5.74) is 0.438. The Balaban J connectivity index is 2.33. The van der Waals surface area contributed by atoms with Crippen LogP contribution in [0.15, 0.2) is 30.7 Å². The monoisotopic (exact) mass is 243 g/mol. The first-order valence-corrected chi connectivity index (χ1v) is 6.09. The van der Waals surface area contributed by atoms with E-state index in [4.69, 9.17) is 0 Å². The third-order valence-corrected chi connectivity index (χ3v) is 3.14. The number of hydrogen-bond donors (Lipinski definition) is 1. The number of nitrogens with one attached hydrogen (secondary N) is 1. The third kappa shape index (κ3) is 2.47. The van der Waals surface area contributed by atoms with Gasteiger partial charge in [-0.05, 0) is 30.4 Å². The minimum absolute atomic E-state index is 0.117. The summed E-state index contributed by atoms with van der Waals surface area (Å²) in [5, 5.41) is 4.72. The molecular formula is C14H17N3O. The molecule has 2 aromatic heterocycles. The van der Waals surface area contributed by atoms with Gasteiger partial charge in [-0.3, -0.25) is 14.8 Å². The van der Waals surface area contributed by atoms with E-state index in [2.05, 4.69) is 29.1 Å². The van der Waals surface area contributed by atoms with E-state index in [1.807, 2.05) is 19.1 Å². The Morgan fingerprint density at radius 1 is 1.22 bits per heavy atom. The van der Waals surface area contributed by atoms with Gasteiger partial charge in [-0.2, -0.15) is 0 Å².